The fraction of sp³-hybridized carbons (Fsp3) is 0.450. The van der Waals surface area contributed by atoms with Crippen molar-refractivity contribution in [3.63, 3.8) is 0 Å². The van der Waals surface area contributed by atoms with Crippen molar-refractivity contribution in [2.24, 2.45) is 0 Å². The highest BCUT2D eigenvalue weighted by Gasteiger charge is 2.23. The molecule has 2 heterocycles. The van der Waals surface area contributed by atoms with Crippen molar-refractivity contribution >= 4 is 5.91 Å². The molecular weight excluding hydrogens is 328 g/mol. The average molecular weight is 354 g/mol. The summed E-state index contributed by atoms with van der Waals surface area (Å²) in [4.78, 5) is 25.7. The SMILES string of the molecule is COc1cccc(CN2CCCN(C(=O)c3c(C)ncnc3C)CC2)c1. The number of rotatable bonds is 4. The number of methoxy groups -OCH3 is 1. The molecule has 3 rings (SSSR count). The summed E-state index contributed by atoms with van der Waals surface area (Å²) in [5.41, 5.74) is 3.38. The number of hydrogen-bond donors (Lipinski definition) is 0. The number of hydrogen-bond acceptors (Lipinski definition) is 5. The fourth-order valence-corrected chi connectivity index (χ4v) is 3.42. The van der Waals surface area contributed by atoms with Crippen LogP contribution in [0.2, 0.25) is 0 Å². The zero-order valence-electron chi connectivity index (χ0n) is 15.7. The van der Waals surface area contributed by atoms with E-state index in [1.165, 1.54) is 11.9 Å². The van der Waals surface area contributed by atoms with E-state index in [4.69, 9.17) is 4.74 Å². The minimum absolute atomic E-state index is 0.0452. The van der Waals surface area contributed by atoms with E-state index in [2.05, 4.69) is 27.0 Å². The van der Waals surface area contributed by atoms with Crippen LogP contribution in [-0.2, 0) is 6.54 Å². The molecule has 0 bridgehead atoms. The smallest absolute Gasteiger partial charge is 0.257 e. The van der Waals surface area contributed by atoms with Crippen LogP contribution in [0.1, 0.15) is 33.7 Å². The van der Waals surface area contributed by atoms with Gasteiger partial charge in [0, 0.05) is 32.7 Å². The molecule has 1 aromatic heterocycles. The Morgan fingerprint density at radius 2 is 1.88 bits per heavy atom. The molecule has 1 aromatic carbocycles. The van der Waals surface area contributed by atoms with E-state index in [-0.39, 0.29) is 5.91 Å². The van der Waals surface area contributed by atoms with Crippen LogP contribution in [0.25, 0.3) is 0 Å². The van der Waals surface area contributed by atoms with Crippen LogP contribution in [0.3, 0.4) is 0 Å². The Morgan fingerprint density at radius 3 is 2.62 bits per heavy atom. The van der Waals surface area contributed by atoms with Crippen molar-refractivity contribution < 1.29 is 9.53 Å². The molecule has 0 saturated carbocycles. The Morgan fingerprint density at radius 1 is 1.12 bits per heavy atom. The third kappa shape index (κ3) is 4.19. The summed E-state index contributed by atoms with van der Waals surface area (Å²) in [5.74, 6) is 0.924. The molecular formula is C20H26N4O2. The molecule has 0 N–H and O–H groups in total. The van der Waals surface area contributed by atoms with Crippen molar-refractivity contribution in [2.75, 3.05) is 33.3 Å². The van der Waals surface area contributed by atoms with Gasteiger partial charge in [-0.1, -0.05) is 12.1 Å². The number of amides is 1. The molecule has 0 spiro atoms. The number of carbonyl (C=O) groups is 1. The van der Waals surface area contributed by atoms with E-state index in [0.717, 1.165) is 56.3 Å². The maximum atomic E-state index is 13.0. The third-order valence-electron chi connectivity index (χ3n) is 4.86. The first-order chi connectivity index (χ1) is 12.6. The number of nitrogens with zero attached hydrogens (tertiary/aromatic N) is 4. The van der Waals surface area contributed by atoms with Crippen LogP contribution in [0.4, 0.5) is 0 Å². The van der Waals surface area contributed by atoms with Gasteiger partial charge in [-0.3, -0.25) is 9.69 Å². The third-order valence-corrected chi connectivity index (χ3v) is 4.86. The monoisotopic (exact) mass is 354 g/mol. The highest BCUT2D eigenvalue weighted by Crippen LogP contribution is 2.17. The van der Waals surface area contributed by atoms with E-state index < -0.39 is 0 Å². The normalized spacial score (nSPS) is 15.6. The molecule has 0 radical (unpaired) electrons. The zero-order valence-corrected chi connectivity index (χ0v) is 15.7. The van der Waals surface area contributed by atoms with Crippen LogP contribution in [0, 0.1) is 13.8 Å². The van der Waals surface area contributed by atoms with Gasteiger partial charge in [-0.2, -0.15) is 0 Å². The van der Waals surface area contributed by atoms with Crippen molar-refractivity contribution in [3.8, 4) is 5.75 Å². The summed E-state index contributed by atoms with van der Waals surface area (Å²) in [7, 11) is 1.69. The summed E-state index contributed by atoms with van der Waals surface area (Å²) in [6.45, 7) is 7.92. The Kier molecular flexibility index (Phi) is 5.83. The molecule has 6 nitrogen and oxygen atoms in total. The van der Waals surface area contributed by atoms with Gasteiger partial charge in [-0.15, -0.1) is 0 Å². The standard InChI is InChI=1S/C20H26N4O2/c1-15-19(16(2)22-14-21-15)20(25)24-9-5-8-23(10-11-24)13-17-6-4-7-18(12-17)26-3/h4,6-7,12,14H,5,8-11,13H2,1-3H3. The second-order valence-electron chi connectivity index (χ2n) is 6.69. The Bertz CT molecular complexity index is 758. The highest BCUT2D eigenvalue weighted by molar-refractivity contribution is 5.96. The first-order valence-corrected chi connectivity index (χ1v) is 9.01. The number of ether oxygens (including phenoxy) is 1. The van der Waals surface area contributed by atoms with Gasteiger partial charge in [0.15, 0.2) is 0 Å². The lowest BCUT2D eigenvalue weighted by molar-refractivity contribution is 0.0758. The van der Waals surface area contributed by atoms with Gasteiger partial charge in [0.05, 0.1) is 24.1 Å². The summed E-state index contributed by atoms with van der Waals surface area (Å²) >= 11 is 0. The van der Waals surface area contributed by atoms with Crippen molar-refractivity contribution in [2.45, 2.75) is 26.8 Å². The summed E-state index contributed by atoms with van der Waals surface area (Å²) in [6.07, 6.45) is 2.47. The fourth-order valence-electron chi connectivity index (χ4n) is 3.42. The number of carbonyl (C=O) groups excluding carboxylic acids is 1. The van der Waals surface area contributed by atoms with Crippen molar-refractivity contribution in [1.82, 2.24) is 19.8 Å². The van der Waals surface area contributed by atoms with Crippen LogP contribution in [0.5, 0.6) is 5.75 Å². The molecule has 0 unspecified atom stereocenters. The molecule has 2 aromatic rings. The van der Waals surface area contributed by atoms with Gasteiger partial charge in [0.2, 0.25) is 0 Å². The molecule has 6 heteroatoms. The minimum atomic E-state index is 0.0452. The second kappa shape index (κ2) is 8.27. The molecule has 138 valence electrons. The Balaban J connectivity index is 1.65. The number of benzene rings is 1. The van der Waals surface area contributed by atoms with E-state index in [0.29, 0.717) is 5.56 Å². The average Bonchev–Trinajstić information content (AvgIpc) is 2.87. The minimum Gasteiger partial charge on any atom is -0.497 e. The molecule has 1 aliphatic heterocycles. The number of aromatic nitrogens is 2. The van der Waals surface area contributed by atoms with Gasteiger partial charge in [-0.05, 0) is 38.0 Å². The molecule has 1 saturated heterocycles. The quantitative estimate of drug-likeness (QED) is 0.844. The summed E-state index contributed by atoms with van der Waals surface area (Å²) in [6, 6.07) is 8.16. The first kappa shape index (κ1) is 18.3. The highest BCUT2D eigenvalue weighted by atomic mass is 16.5. The van der Waals surface area contributed by atoms with E-state index in [9.17, 15) is 4.79 Å². The zero-order chi connectivity index (χ0) is 18.5. The van der Waals surface area contributed by atoms with Gasteiger partial charge < -0.3 is 9.64 Å². The lowest BCUT2D eigenvalue weighted by Crippen LogP contribution is -2.36. The second-order valence-corrected chi connectivity index (χ2v) is 6.69. The molecule has 1 fully saturated rings. The van der Waals surface area contributed by atoms with Crippen molar-refractivity contribution in [3.05, 3.63) is 53.1 Å². The van der Waals surface area contributed by atoms with Crippen LogP contribution < -0.4 is 4.74 Å². The van der Waals surface area contributed by atoms with E-state index in [1.54, 1.807) is 7.11 Å². The number of aryl methyl sites for hydroxylation is 2. The van der Waals surface area contributed by atoms with Crippen LogP contribution >= 0.6 is 0 Å². The Labute approximate surface area is 154 Å². The topological polar surface area (TPSA) is 58.6 Å². The van der Waals surface area contributed by atoms with Gasteiger partial charge in [-0.25, -0.2) is 9.97 Å². The maximum Gasteiger partial charge on any atom is 0.257 e. The maximum absolute atomic E-state index is 13.0. The molecule has 1 amide bonds. The first-order valence-electron chi connectivity index (χ1n) is 9.01. The predicted molar refractivity (Wildman–Crippen MR) is 100 cm³/mol. The molecule has 0 atom stereocenters. The van der Waals surface area contributed by atoms with E-state index in [1.807, 2.05) is 30.9 Å². The molecule has 1 aliphatic rings. The van der Waals surface area contributed by atoms with Crippen molar-refractivity contribution in [1.29, 1.82) is 0 Å². The molecule has 26 heavy (non-hydrogen) atoms. The summed E-state index contributed by atoms with van der Waals surface area (Å²) in [5, 5.41) is 0. The predicted octanol–water partition coefficient (Wildman–Crippen LogP) is 2.45. The summed E-state index contributed by atoms with van der Waals surface area (Å²) < 4.78 is 5.31. The van der Waals surface area contributed by atoms with Gasteiger partial charge in [0.25, 0.3) is 5.91 Å². The lowest BCUT2D eigenvalue weighted by atomic mass is 10.1. The largest absolute Gasteiger partial charge is 0.497 e. The lowest BCUT2D eigenvalue weighted by Gasteiger charge is -2.23. The van der Waals surface area contributed by atoms with Gasteiger partial charge in [0.1, 0.15) is 12.1 Å². The van der Waals surface area contributed by atoms with Crippen LogP contribution in [0.15, 0.2) is 30.6 Å². The molecule has 0 aliphatic carbocycles. The van der Waals surface area contributed by atoms with Crippen LogP contribution in [-0.4, -0.2) is 59.0 Å². The van der Waals surface area contributed by atoms with Gasteiger partial charge >= 0.3 is 0 Å². The Hall–Kier alpha value is -2.47. The van der Waals surface area contributed by atoms with E-state index >= 15 is 0 Å².